The molecule has 0 aliphatic heterocycles. The van der Waals surface area contributed by atoms with E-state index in [9.17, 15) is 9.59 Å². The lowest BCUT2D eigenvalue weighted by atomic mass is 10.3. The summed E-state index contributed by atoms with van der Waals surface area (Å²) in [6, 6.07) is 0. The first kappa shape index (κ1) is 10.6. The number of carbonyl (C=O) groups is 2. The van der Waals surface area contributed by atoms with Crippen molar-refractivity contribution in [2.24, 2.45) is 0 Å². The number of ether oxygens (including phenoxy) is 1. The van der Waals surface area contributed by atoms with Gasteiger partial charge in [0.1, 0.15) is 11.9 Å². The highest BCUT2D eigenvalue weighted by Crippen LogP contribution is 2.09. The maximum atomic E-state index is 10.2. The van der Waals surface area contributed by atoms with Gasteiger partial charge in [-0.15, -0.1) is 0 Å². The van der Waals surface area contributed by atoms with Crippen LogP contribution in [0.2, 0.25) is 0 Å². The van der Waals surface area contributed by atoms with Crippen LogP contribution in [-0.4, -0.2) is 34.7 Å². The van der Waals surface area contributed by atoms with Crippen molar-refractivity contribution < 1.29 is 19.4 Å². The van der Waals surface area contributed by atoms with E-state index < -0.39 is 16.5 Å². The van der Waals surface area contributed by atoms with Crippen LogP contribution in [0.1, 0.15) is 0 Å². The first-order valence-corrected chi connectivity index (χ1v) is 3.77. The monoisotopic (exact) mass is 196 g/mol. The third-order valence-electron chi connectivity index (χ3n) is 0.953. The molecule has 2 atom stereocenters. The smallest absolute Gasteiger partial charge is 0.317 e. The van der Waals surface area contributed by atoms with Crippen LogP contribution in [-0.2, 0) is 14.3 Å². The fraction of sp³-hybridized carbons (Fsp3) is 0.600. The van der Waals surface area contributed by atoms with Gasteiger partial charge in [-0.05, 0) is 0 Å². The Kier molecular flexibility index (Phi) is 5.14. The molecule has 2 unspecified atom stereocenters. The van der Waals surface area contributed by atoms with Gasteiger partial charge in [0.25, 0.3) is 6.47 Å². The summed E-state index contributed by atoms with van der Waals surface area (Å²) in [5.41, 5.74) is 0. The van der Waals surface area contributed by atoms with Crippen LogP contribution >= 0.6 is 25.3 Å². The van der Waals surface area contributed by atoms with Gasteiger partial charge in [0.05, 0.1) is 5.25 Å². The number of carboxylic acids is 1. The highest BCUT2D eigenvalue weighted by Gasteiger charge is 2.21. The molecule has 0 aliphatic carbocycles. The lowest BCUT2D eigenvalue weighted by Crippen LogP contribution is -2.28. The van der Waals surface area contributed by atoms with Crippen LogP contribution in [0.4, 0.5) is 0 Å². The summed E-state index contributed by atoms with van der Waals surface area (Å²) in [6.45, 7) is 0.193. The summed E-state index contributed by atoms with van der Waals surface area (Å²) < 4.78 is 4.30. The molecule has 6 heteroatoms. The van der Waals surface area contributed by atoms with Crippen molar-refractivity contribution in [1.29, 1.82) is 0 Å². The summed E-state index contributed by atoms with van der Waals surface area (Å²) in [7, 11) is 0. The zero-order chi connectivity index (χ0) is 8.85. The highest BCUT2D eigenvalue weighted by molar-refractivity contribution is 7.85. The SMILES string of the molecule is O=COCC(S)C(S)C(=O)O. The molecule has 4 nitrogen and oxygen atoms in total. The van der Waals surface area contributed by atoms with Crippen molar-refractivity contribution in [2.75, 3.05) is 6.61 Å². The third-order valence-corrected chi connectivity index (χ3v) is 2.22. The maximum absolute atomic E-state index is 10.2. The molecule has 0 aromatic heterocycles. The van der Waals surface area contributed by atoms with Crippen LogP contribution in [0.5, 0.6) is 0 Å². The highest BCUT2D eigenvalue weighted by atomic mass is 32.1. The van der Waals surface area contributed by atoms with Crippen LogP contribution < -0.4 is 0 Å². The van der Waals surface area contributed by atoms with Gasteiger partial charge in [0, 0.05) is 0 Å². The molecule has 0 spiro atoms. The van der Waals surface area contributed by atoms with Gasteiger partial charge in [0.15, 0.2) is 0 Å². The number of aliphatic carboxylic acids is 1. The zero-order valence-electron chi connectivity index (χ0n) is 5.51. The van der Waals surface area contributed by atoms with Crippen molar-refractivity contribution >= 4 is 37.7 Å². The second-order valence-electron chi connectivity index (χ2n) is 1.78. The number of carboxylic acid groups (broad SMARTS) is 1. The largest absolute Gasteiger partial charge is 0.480 e. The van der Waals surface area contributed by atoms with Crippen molar-refractivity contribution in [3.63, 3.8) is 0 Å². The molecule has 0 aromatic rings. The number of thiol groups is 2. The van der Waals surface area contributed by atoms with E-state index in [0.29, 0.717) is 0 Å². The first-order chi connectivity index (χ1) is 5.09. The Bertz CT molecular complexity index is 149. The van der Waals surface area contributed by atoms with E-state index in [2.05, 4.69) is 30.0 Å². The summed E-state index contributed by atoms with van der Waals surface area (Å²) >= 11 is 7.58. The fourth-order valence-electron chi connectivity index (χ4n) is 0.394. The van der Waals surface area contributed by atoms with E-state index in [0.717, 1.165) is 0 Å². The van der Waals surface area contributed by atoms with Gasteiger partial charge in [-0.2, -0.15) is 25.3 Å². The minimum absolute atomic E-state index is 0.0485. The van der Waals surface area contributed by atoms with E-state index in [1.165, 1.54) is 0 Å². The molecule has 0 aromatic carbocycles. The molecule has 0 rings (SSSR count). The number of hydrogen-bond donors (Lipinski definition) is 3. The van der Waals surface area contributed by atoms with E-state index in [1.807, 2.05) is 0 Å². The Hall–Kier alpha value is -0.360. The molecule has 1 N–H and O–H groups in total. The molecule has 0 saturated heterocycles. The molecule has 0 saturated carbocycles. The first-order valence-electron chi connectivity index (χ1n) is 2.73. The topological polar surface area (TPSA) is 63.6 Å². The Labute approximate surface area is 74.7 Å². The minimum Gasteiger partial charge on any atom is -0.480 e. The second kappa shape index (κ2) is 5.31. The predicted molar refractivity (Wildman–Crippen MR) is 45.2 cm³/mol. The predicted octanol–water partition coefficient (Wildman–Crippen LogP) is -0.159. The Balaban J connectivity index is 3.72. The van der Waals surface area contributed by atoms with Crippen molar-refractivity contribution in [3.05, 3.63) is 0 Å². The fourth-order valence-corrected chi connectivity index (χ4v) is 0.693. The Morgan fingerprint density at radius 3 is 2.55 bits per heavy atom. The van der Waals surface area contributed by atoms with Gasteiger partial charge in [-0.1, -0.05) is 0 Å². The molecular weight excluding hydrogens is 188 g/mol. The van der Waals surface area contributed by atoms with Crippen LogP contribution in [0, 0.1) is 0 Å². The zero-order valence-corrected chi connectivity index (χ0v) is 7.29. The van der Waals surface area contributed by atoms with E-state index >= 15 is 0 Å². The number of carbonyl (C=O) groups excluding carboxylic acids is 1. The lowest BCUT2D eigenvalue weighted by molar-refractivity contribution is -0.137. The van der Waals surface area contributed by atoms with Crippen molar-refractivity contribution in [2.45, 2.75) is 10.5 Å². The van der Waals surface area contributed by atoms with Crippen LogP contribution in [0.3, 0.4) is 0 Å². The summed E-state index contributed by atoms with van der Waals surface area (Å²) in [4.78, 5) is 19.9. The third kappa shape index (κ3) is 4.15. The maximum Gasteiger partial charge on any atom is 0.317 e. The summed E-state index contributed by atoms with van der Waals surface area (Å²) in [5.74, 6) is -1.08. The van der Waals surface area contributed by atoms with Gasteiger partial charge >= 0.3 is 5.97 Å². The molecule has 11 heavy (non-hydrogen) atoms. The average molecular weight is 196 g/mol. The Morgan fingerprint density at radius 1 is 1.64 bits per heavy atom. The normalized spacial score (nSPS) is 15.1. The quantitative estimate of drug-likeness (QED) is 0.422. The van der Waals surface area contributed by atoms with Crippen molar-refractivity contribution in [3.8, 4) is 0 Å². The van der Waals surface area contributed by atoms with Gasteiger partial charge < -0.3 is 9.84 Å². The standard InChI is InChI=1S/C5H8O4S2/c6-2-9-1-3(10)4(11)5(7)8/h2-4,10-11H,1H2,(H,7,8). The van der Waals surface area contributed by atoms with E-state index in [1.54, 1.807) is 0 Å². The molecule has 0 bridgehead atoms. The van der Waals surface area contributed by atoms with Gasteiger partial charge in [0.2, 0.25) is 0 Å². The van der Waals surface area contributed by atoms with Crippen LogP contribution in [0.15, 0.2) is 0 Å². The van der Waals surface area contributed by atoms with E-state index in [-0.39, 0.29) is 13.1 Å². The molecule has 0 fully saturated rings. The number of rotatable bonds is 5. The van der Waals surface area contributed by atoms with Gasteiger partial charge in [-0.3, -0.25) is 9.59 Å². The molecular formula is C5H8O4S2. The van der Waals surface area contributed by atoms with Crippen molar-refractivity contribution in [1.82, 2.24) is 0 Å². The lowest BCUT2D eigenvalue weighted by Gasteiger charge is -2.11. The summed E-state index contributed by atoms with van der Waals surface area (Å²) in [5, 5.41) is 6.88. The Morgan fingerprint density at radius 2 is 2.18 bits per heavy atom. The molecule has 0 aliphatic rings. The van der Waals surface area contributed by atoms with Gasteiger partial charge in [-0.25, -0.2) is 0 Å². The second-order valence-corrected chi connectivity index (χ2v) is 3.00. The van der Waals surface area contributed by atoms with E-state index in [4.69, 9.17) is 5.11 Å². The molecule has 0 heterocycles. The average Bonchev–Trinajstić information content (AvgIpc) is 1.98. The minimum atomic E-state index is -1.08. The summed E-state index contributed by atoms with van der Waals surface area (Å²) in [6.07, 6.45) is 0. The molecule has 64 valence electrons. The molecule has 0 amide bonds. The molecule has 0 radical (unpaired) electrons. The number of hydrogen-bond acceptors (Lipinski definition) is 5. The van der Waals surface area contributed by atoms with Crippen LogP contribution in [0.25, 0.3) is 0 Å².